The van der Waals surface area contributed by atoms with Crippen LogP contribution in [0, 0.1) is 6.92 Å². The van der Waals surface area contributed by atoms with Gasteiger partial charge in [-0.15, -0.1) is 0 Å². The summed E-state index contributed by atoms with van der Waals surface area (Å²) in [7, 11) is 1.67. The Bertz CT molecular complexity index is 1840. The Morgan fingerprint density at radius 2 is 1.07 bits per heavy atom. The number of nitrogens with zero attached hydrogens (tertiary/aromatic N) is 1. The highest BCUT2D eigenvalue weighted by Gasteiger charge is 2.12. The summed E-state index contributed by atoms with van der Waals surface area (Å²) >= 11 is 0. The first-order valence-electron chi connectivity index (χ1n) is 14.9. The number of methoxy groups -OCH3 is 1. The third kappa shape index (κ3) is 8.83. The molecule has 5 rings (SSSR count). The topological polar surface area (TPSA) is 65.1 Å². The zero-order chi connectivity index (χ0) is 32.3. The number of carbonyl (C=O) groups excluding carboxylic acids is 2. The van der Waals surface area contributed by atoms with Crippen molar-refractivity contribution in [2.75, 3.05) is 18.6 Å². The molecular formula is C40H35NO5. The molecule has 0 radical (unpaired) electrons. The number of benzene rings is 5. The van der Waals surface area contributed by atoms with Crippen molar-refractivity contribution in [2.24, 2.45) is 0 Å². The van der Waals surface area contributed by atoms with Crippen molar-refractivity contribution < 1.29 is 23.8 Å². The van der Waals surface area contributed by atoms with Gasteiger partial charge in [0.15, 0.2) is 6.61 Å². The summed E-state index contributed by atoms with van der Waals surface area (Å²) in [4.78, 5) is 25.1. The Hall–Kier alpha value is -5.88. The Morgan fingerprint density at radius 1 is 0.609 bits per heavy atom. The van der Waals surface area contributed by atoms with E-state index in [1.54, 1.807) is 25.3 Å². The minimum Gasteiger partial charge on any atom is -0.497 e. The number of rotatable bonds is 11. The van der Waals surface area contributed by atoms with E-state index in [4.69, 9.17) is 14.2 Å². The monoisotopic (exact) mass is 609 g/mol. The molecule has 6 nitrogen and oxygen atoms in total. The van der Waals surface area contributed by atoms with Crippen LogP contribution in [0.15, 0.2) is 121 Å². The fourth-order valence-electron chi connectivity index (χ4n) is 4.74. The van der Waals surface area contributed by atoms with Gasteiger partial charge in [-0.1, -0.05) is 90.5 Å². The van der Waals surface area contributed by atoms with Crippen LogP contribution in [0.5, 0.6) is 11.5 Å². The van der Waals surface area contributed by atoms with Crippen molar-refractivity contribution in [2.45, 2.75) is 13.8 Å². The highest BCUT2D eigenvalue weighted by Crippen LogP contribution is 2.35. The molecule has 0 amide bonds. The van der Waals surface area contributed by atoms with Crippen LogP contribution in [0.25, 0.3) is 24.3 Å². The zero-order valence-corrected chi connectivity index (χ0v) is 26.1. The van der Waals surface area contributed by atoms with Gasteiger partial charge in [-0.05, 0) is 89.8 Å². The molecule has 0 saturated carbocycles. The normalized spacial score (nSPS) is 11.0. The van der Waals surface area contributed by atoms with Gasteiger partial charge in [0, 0.05) is 24.0 Å². The predicted octanol–water partition coefficient (Wildman–Crippen LogP) is 9.28. The zero-order valence-electron chi connectivity index (χ0n) is 26.1. The summed E-state index contributed by atoms with van der Waals surface area (Å²) in [5.74, 6) is 0.0433. The van der Waals surface area contributed by atoms with E-state index in [9.17, 15) is 9.59 Å². The van der Waals surface area contributed by atoms with Crippen molar-refractivity contribution in [1.82, 2.24) is 0 Å². The molecule has 230 valence electrons. The molecule has 6 heteroatoms. The molecule has 0 heterocycles. The van der Waals surface area contributed by atoms with Gasteiger partial charge in [0.25, 0.3) is 0 Å². The molecule has 0 aliphatic heterocycles. The van der Waals surface area contributed by atoms with Crippen LogP contribution in [0.4, 0.5) is 17.1 Å². The van der Waals surface area contributed by atoms with E-state index in [1.807, 2.05) is 36.4 Å². The van der Waals surface area contributed by atoms with Gasteiger partial charge in [-0.25, -0.2) is 4.79 Å². The van der Waals surface area contributed by atoms with E-state index in [1.165, 1.54) is 12.5 Å². The molecule has 0 fully saturated rings. The maximum absolute atomic E-state index is 11.9. The summed E-state index contributed by atoms with van der Waals surface area (Å²) in [6.45, 7) is 2.90. The lowest BCUT2D eigenvalue weighted by molar-refractivity contribution is -0.152. The van der Waals surface area contributed by atoms with Crippen LogP contribution in [0.3, 0.4) is 0 Å². The summed E-state index contributed by atoms with van der Waals surface area (Å²) < 4.78 is 15.3. The third-order valence-electron chi connectivity index (χ3n) is 7.11. The quantitative estimate of drug-likeness (QED) is 0.0845. The molecule has 46 heavy (non-hydrogen) atoms. The van der Waals surface area contributed by atoms with Crippen LogP contribution in [0.2, 0.25) is 0 Å². The van der Waals surface area contributed by atoms with Gasteiger partial charge < -0.3 is 19.1 Å². The first-order valence-corrected chi connectivity index (χ1v) is 14.9. The number of ether oxygens (including phenoxy) is 3. The smallest absolute Gasteiger partial charge is 0.349 e. The fourth-order valence-corrected chi connectivity index (χ4v) is 4.74. The van der Waals surface area contributed by atoms with Gasteiger partial charge in [-0.2, -0.15) is 0 Å². The predicted molar refractivity (Wildman–Crippen MR) is 185 cm³/mol. The fraction of sp³-hybridized carbons (Fsp3) is 0.100. The van der Waals surface area contributed by atoms with E-state index in [2.05, 4.69) is 103 Å². The largest absolute Gasteiger partial charge is 0.497 e. The van der Waals surface area contributed by atoms with Crippen molar-refractivity contribution >= 4 is 53.3 Å². The minimum absolute atomic E-state index is 0.380. The van der Waals surface area contributed by atoms with E-state index in [-0.39, 0.29) is 0 Å². The number of hydrogen-bond donors (Lipinski definition) is 0. The highest BCUT2D eigenvalue weighted by molar-refractivity contribution is 5.80. The number of esters is 2. The third-order valence-corrected chi connectivity index (χ3v) is 7.11. The number of hydrogen-bond acceptors (Lipinski definition) is 6. The molecule has 0 atom stereocenters. The van der Waals surface area contributed by atoms with Crippen molar-refractivity contribution in [3.8, 4) is 11.5 Å². The van der Waals surface area contributed by atoms with Crippen LogP contribution >= 0.6 is 0 Å². The molecular weight excluding hydrogens is 574 g/mol. The Kier molecular flexibility index (Phi) is 10.4. The molecule has 0 saturated heterocycles. The molecule has 0 aromatic heterocycles. The molecule has 0 bridgehead atoms. The maximum Gasteiger partial charge on any atom is 0.349 e. The van der Waals surface area contributed by atoms with E-state index in [0.29, 0.717) is 5.75 Å². The number of carbonyl (C=O) groups is 2. The molecule has 5 aromatic carbocycles. The molecule has 0 N–H and O–H groups in total. The lowest BCUT2D eigenvalue weighted by Gasteiger charge is -2.26. The molecule has 5 aromatic rings. The molecule has 0 unspecified atom stereocenters. The van der Waals surface area contributed by atoms with Gasteiger partial charge in [0.05, 0.1) is 7.11 Å². The van der Waals surface area contributed by atoms with Crippen molar-refractivity contribution in [3.05, 3.63) is 149 Å². The Balaban J connectivity index is 1.33. The van der Waals surface area contributed by atoms with Crippen LogP contribution in [-0.4, -0.2) is 25.7 Å². The average Bonchev–Trinajstić information content (AvgIpc) is 3.08. The van der Waals surface area contributed by atoms with E-state index in [0.717, 1.165) is 45.1 Å². The Morgan fingerprint density at radius 3 is 1.57 bits per heavy atom. The van der Waals surface area contributed by atoms with Crippen LogP contribution < -0.4 is 14.4 Å². The lowest BCUT2D eigenvalue weighted by atomic mass is 10.1. The SMILES string of the molecule is COc1cccc(C=Cc2ccc(N(c3ccc(C)cc3)c3ccc(C=Cc4cccc(OC(=O)COC(C)=O)c4)cc3)cc2)c1. The number of anilines is 3. The molecule has 0 aliphatic carbocycles. The summed E-state index contributed by atoms with van der Waals surface area (Å²) in [5.41, 5.74) is 8.39. The van der Waals surface area contributed by atoms with Crippen LogP contribution in [-0.2, 0) is 14.3 Å². The number of aryl methyl sites for hydroxylation is 1. The second-order valence-electron chi connectivity index (χ2n) is 10.6. The summed E-state index contributed by atoms with van der Waals surface area (Å²) in [6, 6.07) is 40.5. The van der Waals surface area contributed by atoms with Crippen molar-refractivity contribution in [1.29, 1.82) is 0 Å². The second-order valence-corrected chi connectivity index (χ2v) is 10.6. The van der Waals surface area contributed by atoms with Crippen LogP contribution in [0.1, 0.15) is 34.7 Å². The minimum atomic E-state index is -0.635. The first kappa shape index (κ1) is 31.5. The second kappa shape index (κ2) is 15.2. The highest BCUT2D eigenvalue weighted by atomic mass is 16.6. The summed E-state index contributed by atoms with van der Waals surface area (Å²) in [6.07, 6.45) is 8.13. The van der Waals surface area contributed by atoms with Gasteiger partial charge in [0.2, 0.25) is 0 Å². The Labute approximate surface area is 269 Å². The lowest BCUT2D eigenvalue weighted by Crippen LogP contribution is -2.17. The standard InChI is InChI=1S/C40H35NO5/c1-29-10-20-35(21-11-29)41(36-22-16-31(17-23-36)12-14-33-6-4-8-38(26-33)44-3)37-24-18-32(19-25-37)13-15-34-7-5-9-39(27-34)46-40(43)28-45-30(2)42/h4-27H,28H2,1-3H3. The summed E-state index contributed by atoms with van der Waals surface area (Å²) in [5, 5.41) is 0. The molecule has 0 spiro atoms. The van der Waals surface area contributed by atoms with Gasteiger partial charge in [-0.3, -0.25) is 4.79 Å². The van der Waals surface area contributed by atoms with Gasteiger partial charge in [0.1, 0.15) is 11.5 Å². The van der Waals surface area contributed by atoms with Crippen molar-refractivity contribution in [3.63, 3.8) is 0 Å². The average molecular weight is 610 g/mol. The van der Waals surface area contributed by atoms with E-state index < -0.39 is 18.5 Å². The van der Waals surface area contributed by atoms with E-state index >= 15 is 0 Å². The maximum atomic E-state index is 11.9. The molecule has 0 aliphatic rings. The van der Waals surface area contributed by atoms with Gasteiger partial charge >= 0.3 is 11.9 Å². The first-order chi connectivity index (χ1) is 22.4.